The first-order valence-electron chi connectivity index (χ1n) is 8.91. The lowest BCUT2D eigenvalue weighted by atomic mass is 10.1. The normalized spacial score (nSPS) is 16.9. The van der Waals surface area contributed by atoms with Crippen LogP contribution in [0.15, 0.2) is 42.5 Å². The zero-order valence-electron chi connectivity index (χ0n) is 15.5. The number of hydrogen-bond donors (Lipinski definition) is 1. The minimum absolute atomic E-state index is 0.0549. The van der Waals surface area contributed by atoms with E-state index < -0.39 is 0 Å². The molecule has 1 atom stereocenters. The number of likely N-dealkylation sites (tertiary alicyclic amines) is 1. The van der Waals surface area contributed by atoms with Gasteiger partial charge in [-0.3, -0.25) is 19.8 Å². The van der Waals surface area contributed by atoms with Gasteiger partial charge in [0.1, 0.15) is 5.75 Å². The Labute approximate surface area is 158 Å². The molecule has 0 spiro atoms. The SMILES string of the molecule is COc1ccc(NC(=O)[C@H]2CCCN2Cc2cccc([N+](=O)[O-])c2C)cc1. The van der Waals surface area contributed by atoms with Gasteiger partial charge in [-0.1, -0.05) is 12.1 Å². The lowest BCUT2D eigenvalue weighted by molar-refractivity contribution is -0.385. The van der Waals surface area contributed by atoms with Gasteiger partial charge < -0.3 is 10.1 Å². The number of carbonyl (C=O) groups is 1. The summed E-state index contributed by atoms with van der Waals surface area (Å²) in [5, 5.41) is 14.1. The van der Waals surface area contributed by atoms with Gasteiger partial charge in [0.15, 0.2) is 0 Å². The van der Waals surface area contributed by atoms with Gasteiger partial charge in [0, 0.05) is 23.9 Å². The molecule has 7 heteroatoms. The lowest BCUT2D eigenvalue weighted by Gasteiger charge is -2.24. The van der Waals surface area contributed by atoms with Gasteiger partial charge >= 0.3 is 0 Å². The van der Waals surface area contributed by atoms with E-state index in [1.165, 1.54) is 6.07 Å². The molecule has 1 N–H and O–H groups in total. The van der Waals surface area contributed by atoms with Crippen LogP contribution in [0, 0.1) is 17.0 Å². The van der Waals surface area contributed by atoms with Crippen LogP contribution in [0.25, 0.3) is 0 Å². The van der Waals surface area contributed by atoms with Crippen molar-refractivity contribution in [1.29, 1.82) is 0 Å². The predicted molar refractivity (Wildman–Crippen MR) is 103 cm³/mol. The van der Waals surface area contributed by atoms with Crippen molar-refractivity contribution in [3.8, 4) is 5.75 Å². The van der Waals surface area contributed by atoms with Crippen molar-refractivity contribution < 1.29 is 14.5 Å². The Bertz CT molecular complexity index is 836. The van der Waals surface area contributed by atoms with Crippen molar-refractivity contribution >= 4 is 17.3 Å². The highest BCUT2D eigenvalue weighted by Crippen LogP contribution is 2.26. The zero-order valence-corrected chi connectivity index (χ0v) is 15.5. The molecule has 142 valence electrons. The van der Waals surface area contributed by atoms with Crippen molar-refractivity contribution in [2.45, 2.75) is 32.4 Å². The highest BCUT2D eigenvalue weighted by molar-refractivity contribution is 5.95. The minimum atomic E-state index is -0.364. The number of hydrogen-bond acceptors (Lipinski definition) is 5. The number of nitro groups is 1. The summed E-state index contributed by atoms with van der Waals surface area (Å²) < 4.78 is 5.13. The van der Waals surface area contributed by atoms with Crippen molar-refractivity contribution in [3.05, 3.63) is 63.7 Å². The molecule has 1 aliphatic heterocycles. The van der Waals surface area contributed by atoms with Gasteiger partial charge in [0.25, 0.3) is 5.69 Å². The molecule has 3 rings (SSSR count). The smallest absolute Gasteiger partial charge is 0.272 e. The van der Waals surface area contributed by atoms with E-state index in [4.69, 9.17) is 4.74 Å². The topological polar surface area (TPSA) is 84.7 Å². The molecule has 2 aromatic rings. The number of rotatable bonds is 6. The molecule has 0 bridgehead atoms. The molecule has 0 aliphatic carbocycles. The number of nitro benzene ring substituents is 1. The van der Waals surface area contributed by atoms with Gasteiger partial charge in [0.05, 0.1) is 18.1 Å². The molecule has 1 aliphatic rings. The van der Waals surface area contributed by atoms with Crippen LogP contribution in [0.4, 0.5) is 11.4 Å². The van der Waals surface area contributed by atoms with Crippen LogP contribution in [0.3, 0.4) is 0 Å². The standard InChI is InChI=1S/C20H23N3O4/c1-14-15(5-3-6-18(14)23(25)26)13-22-12-4-7-19(22)20(24)21-16-8-10-17(27-2)11-9-16/h3,5-6,8-11,19H,4,7,12-13H2,1-2H3,(H,21,24)/t19-/m1/s1. The third-order valence-electron chi connectivity index (χ3n) is 5.01. The summed E-state index contributed by atoms with van der Waals surface area (Å²) in [4.78, 5) is 25.6. The van der Waals surface area contributed by atoms with E-state index in [1.807, 2.05) is 6.07 Å². The lowest BCUT2D eigenvalue weighted by Crippen LogP contribution is -2.39. The Balaban J connectivity index is 1.70. The maximum absolute atomic E-state index is 12.7. The van der Waals surface area contributed by atoms with Gasteiger partial charge in [-0.2, -0.15) is 0 Å². The summed E-state index contributed by atoms with van der Waals surface area (Å²) in [6, 6.07) is 12.1. The third-order valence-corrected chi connectivity index (χ3v) is 5.01. The molecule has 1 saturated heterocycles. The fraction of sp³-hybridized carbons (Fsp3) is 0.350. The Kier molecular flexibility index (Phi) is 5.71. The summed E-state index contributed by atoms with van der Waals surface area (Å²) in [5.41, 5.74) is 2.38. The van der Waals surface area contributed by atoms with E-state index >= 15 is 0 Å². The average molecular weight is 369 g/mol. The van der Waals surface area contributed by atoms with E-state index in [0.29, 0.717) is 12.1 Å². The fourth-order valence-corrected chi connectivity index (χ4v) is 3.47. The Morgan fingerprint density at radius 1 is 1.30 bits per heavy atom. The predicted octanol–water partition coefficient (Wildman–Crippen LogP) is 3.51. The highest BCUT2D eigenvalue weighted by Gasteiger charge is 2.31. The summed E-state index contributed by atoms with van der Waals surface area (Å²) in [6.45, 7) is 3.08. The maximum Gasteiger partial charge on any atom is 0.272 e. The van der Waals surface area contributed by atoms with E-state index in [0.717, 1.165) is 36.4 Å². The van der Waals surface area contributed by atoms with Crippen LogP contribution < -0.4 is 10.1 Å². The molecule has 27 heavy (non-hydrogen) atoms. The summed E-state index contributed by atoms with van der Waals surface area (Å²) in [7, 11) is 1.60. The molecule has 0 aromatic heterocycles. The van der Waals surface area contributed by atoms with E-state index in [1.54, 1.807) is 44.4 Å². The molecular weight excluding hydrogens is 346 g/mol. The van der Waals surface area contributed by atoms with Crippen LogP contribution in [0.5, 0.6) is 5.75 Å². The molecule has 1 fully saturated rings. The van der Waals surface area contributed by atoms with Gasteiger partial charge in [-0.25, -0.2) is 0 Å². The van der Waals surface area contributed by atoms with Crippen LogP contribution in [-0.2, 0) is 11.3 Å². The third kappa shape index (κ3) is 4.25. The van der Waals surface area contributed by atoms with Gasteiger partial charge in [-0.15, -0.1) is 0 Å². The van der Waals surface area contributed by atoms with Gasteiger partial charge in [0.2, 0.25) is 5.91 Å². The molecule has 0 unspecified atom stereocenters. The second-order valence-electron chi connectivity index (χ2n) is 6.66. The molecule has 1 heterocycles. The number of methoxy groups -OCH3 is 1. The van der Waals surface area contributed by atoms with E-state index in [9.17, 15) is 14.9 Å². The monoisotopic (exact) mass is 369 g/mol. The van der Waals surface area contributed by atoms with Gasteiger partial charge in [-0.05, 0) is 56.1 Å². The number of ether oxygens (including phenoxy) is 1. The van der Waals surface area contributed by atoms with Crippen molar-refractivity contribution in [2.24, 2.45) is 0 Å². The molecule has 0 radical (unpaired) electrons. The molecule has 7 nitrogen and oxygen atoms in total. The largest absolute Gasteiger partial charge is 0.497 e. The van der Waals surface area contributed by atoms with Crippen molar-refractivity contribution in [1.82, 2.24) is 4.90 Å². The van der Waals surface area contributed by atoms with Crippen molar-refractivity contribution in [2.75, 3.05) is 19.0 Å². The Hall–Kier alpha value is -2.93. The number of benzene rings is 2. The molecule has 0 saturated carbocycles. The number of amides is 1. The maximum atomic E-state index is 12.7. The average Bonchev–Trinajstić information content (AvgIpc) is 3.12. The Morgan fingerprint density at radius 2 is 2.04 bits per heavy atom. The first kappa shape index (κ1) is 18.8. The first-order chi connectivity index (χ1) is 13.0. The van der Waals surface area contributed by atoms with E-state index in [2.05, 4.69) is 10.2 Å². The highest BCUT2D eigenvalue weighted by atomic mass is 16.6. The number of nitrogens with one attached hydrogen (secondary N) is 1. The fourth-order valence-electron chi connectivity index (χ4n) is 3.47. The summed E-state index contributed by atoms with van der Waals surface area (Å²) in [5.74, 6) is 0.678. The van der Waals surface area contributed by atoms with Crippen molar-refractivity contribution in [3.63, 3.8) is 0 Å². The molecular formula is C20H23N3O4. The number of anilines is 1. The summed E-state index contributed by atoms with van der Waals surface area (Å²) in [6.07, 6.45) is 1.70. The zero-order chi connectivity index (χ0) is 19.4. The van der Waals surface area contributed by atoms with E-state index in [-0.39, 0.29) is 22.6 Å². The molecule has 1 amide bonds. The van der Waals surface area contributed by atoms with Crippen LogP contribution >= 0.6 is 0 Å². The van der Waals surface area contributed by atoms with Crippen LogP contribution in [-0.4, -0.2) is 35.4 Å². The Morgan fingerprint density at radius 3 is 2.70 bits per heavy atom. The first-order valence-corrected chi connectivity index (χ1v) is 8.91. The second-order valence-corrected chi connectivity index (χ2v) is 6.66. The second kappa shape index (κ2) is 8.18. The quantitative estimate of drug-likeness (QED) is 0.622. The van der Waals surface area contributed by atoms with Crippen LogP contribution in [0.1, 0.15) is 24.0 Å². The minimum Gasteiger partial charge on any atom is -0.497 e. The van der Waals surface area contributed by atoms with Crippen LogP contribution in [0.2, 0.25) is 0 Å². The number of nitrogens with zero attached hydrogens (tertiary/aromatic N) is 2. The number of carbonyl (C=O) groups excluding carboxylic acids is 1. The molecule has 2 aromatic carbocycles. The summed E-state index contributed by atoms with van der Waals surface area (Å²) >= 11 is 0.